The Morgan fingerprint density at radius 3 is 2.58 bits per heavy atom. The third-order valence-corrected chi connectivity index (χ3v) is 3.69. The van der Waals surface area contributed by atoms with Crippen molar-refractivity contribution in [3.05, 3.63) is 78.9 Å². The summed E-state index contributed by atoms with van der Waals surface area (Å²) in [5.41, 5.74) is 2.48. The molecule has 7 heteroatoms. The maximum absolute atomic E-state index is 12.4. The Morgan fingerprint density at radius 1 is 0.923 bits per heavy atom. The van der Waals surface area contributed by atoms with Gasteiger partial charge < -0.3 is 9.84 Å². The molecule has 4 aromatic rings. The van der Waals surface area contributed by atoms with E-state index in [2.05, 4.69) is 25.4 Å². The van der Waals surface area contributed by atoms with E-state index < -0.39 is 0 Å². The van der Waals surface area contributed by atoms with Gasteiger partial charge in [-0.25, -0.2) is 0 Å². The Hall–Kier alpha value is -3.87. The summed E-state index contributed by atoms with van der Waals surface area (Å²) >= 11 is 0. The van der Waals surface area contributed by atoms with Crippen molar-refractivity contribution in [3.8, 4) is 22.8 Å². The molecule has 0 radical (unpaired) electrons. The molecule has 1 N–H and O–H groups in total. The predicted octanol–water partition coefficient (Wildman–Crippen LogP) is 3.45. The van der Waals surface area contributed by atoms with Crippen LogP contribution in [0.4, 0.5) is 5.69 Å². The summed E-state index contributed by atoms with van der Waals surface area (Å²) < 4.78 is 5.38. The summed E-state index contributed by atoms with van der Waals surface area (Å²) in [4.78, 5) is 24.8. The van der Waals surface area contributed by atoms with E-state index in [1.54, 1.807) is 49.1 Å². The van der Waals surface area contributed by atoms with Crippen LogP contribution in [0.5, 0.6) is 0 Å². The lowest BCUT2D eigenvalue weighted by molar-refractivity contribution is 0.102. The van der Waals surface area contributed by atoms with Crippen molar-refractivity contribution in [1.82, 2.24) is 20.1 Å². The lowest BCUT2D eigenvalue weighted by Gasteiger charge is -2.08. The molecule has 126 valence electrons. The van der Waals surface area contributed by atoms with E-state index >= 15 is 0 Å². The zero-order valence-corrected chi connectivity index (χ0v) is 13.5. The number of nitrogens with one attached hydrogen (secondary N) is 1. The Bertz CT molecular complexity index is 1030. The molecule has 0 saturated carbocycles. The van der Waals surface area contributed by atoms with E-state index in [1.165, 1.54) is 0 Å². The number of hydrogen-bond donors (Lipinski definition) is 1. The maximum atomic E-state index is 12.4. The summed E-state index contributed by atoms with van der Waals surface area (Å²) in [5.74, 6) is 0.504. The molecule has 0 spiro atoms. The number of aromatic nitrogens is 4. The van der Waals surface area contributed by atoms with Crippen molar-refractivity contribution in [2.75, 3.05) is 5.32 Å². The van der Waals surface area contributed by atoms with Crippen LogP contribution in [-0.4, -0.2) is 26.0 Å². The van der Waals surface area contributed by atoms with E-state index in [0.29, 0.717) is 28.5 Å². The molecule has 0 atom stereocenters. The van der Waals surface area contributed by atoms with Crippen LogP contribution < -0.4 is 5.32 Å². The molecule has 0 unspecified atom stereocenters. The topological polar surface area (TPSA) is 93.8 Å². The van der Waals surface area contributed by atoms with Crippen molar-refractivity contribution < 1.29 is 9.32 Å². The largest absolute Gasteiger partial charge is 0.334 e. The van der Waals surface area contributed by atoms with Crippen LogP contribution in [0.15, 0.2) is 77.8 Å². The summed E-state index contributed by atoms with van der Waals surface area (Å²) in [5, 5.41) is 6.86. The van der Waals surface area contributed by atoms with Crippen LogP contribution in [0.1, 0.15) is 10.4 Å². The number of para-hydroxylation sites is 1. The minimum absolute atomic E-state index is 0.244. The van der Waals surface area contributed by atoms with Crippen LogP contribution in [-0.2, 0) is 0 Å². The van der Waals surface area contributed by atoms with Crippen LogP contribution in [0, 0.1) is 0 Å². The number of carbonyl (C=O) groups excluding carboxylic acids is 1. The van der Waals surface area contributed by atoms with Gasteiger partial charge in [0, 0.05) is 35.9 Å². The van der Waals surface area contributed by atoms with Crippen molar-refractivity contribution >= 4 is 11.6 Å². The summed E-state index contributed by atoms with van der Waals surface area (Å²) in [7, 11) is 0. The van der Waals surface area contributed by atoms with E-state index in [1.807, 2.05) is 24.3 Å². The van der Waals surface area contributed by atoms with Gasteiger partial charge in [-0.1, -0.05) is 17.3 Å². The normalized spacial score (nSPS) is 10.5. The number of nitrogens with zero attached hydrogens (tertiary/aromatic N) is 4. The molecule has 1 aromatic carbocycles. The van der Waals surface area contributed by atoms with Gasteiger partial charge in [0.05, 0.1) is 11.3 Å². The highest BCUT2D eigenvalue weighted by atomic mass is 16.5. The average molecular weight is 343 g/mol. The second kappa shape index (κ2) is 6.94. The van der Waals surface area contributed by atoms with Gasteiger partial charge in [0.1, 0.15) is 0 Å². The first-order valence-electron chi connectivity index (χ1n) is 7.86. The Balaban J connectivity index is 1.64. The molecule has 1 amide bonds. The molecule has 3 aromatic heterocycles. The van der Waals surface area contributed by atoms with Crippen LogP contribution in [0.2, 0.25) is 0 Å². The Labute approximate surface area is 148 Å². The lowest BCUT2D eigenvalue weighted by atomic mass is 10.1. The van der Waals surface area contributed by atoms with E-state index in [4.69, 9.17) is 4.52 Å². The predicted molar refractivity (Wildman–Crippen MR) is 95.2 cm³/mol. The molecule has 0 bridgehead atoms. The molecule has 26 heavy (non-hydrogen) atoms. The van der Waals surface area contributed by atoms with E-state index in [-0.39, 0.29) is 5.91 Å². The van der Waals surface area contributed by atoms with Crippen molar-refractivity contribution in [1.29, 1.82) is 0 Å². The number of rotatable bonds is 4. The smallest absolute Gasteiger partial charge is 0.260 e. The fourth-order valence-electron chi connectivity index (χ4n) is 2.42. The highest BCUT2D eigenvalue weighted by molar-refractivity contribution is 6.05. The van der Waals surface area contributed by atoms with Gasteiger partial charge in [0.25, 0.3) is 11.8 Å². The Kier molecular flexibility index (Phi) is 4.17. The quantitative estimate of drug-likeness (QED) is 0.610. The van der Waals surface area contributed by atoms with Gasteiger partial charge in [-0.05, 0) is 36.4 Å². The summed E-state index contributed by atoms with van der Waals surface area (Å²) in [6, 6.07) is 14.2. The van der Waals surface area contributed by atoms with E-state index in [9.17, 15) is 4.79 Å². The monoisotopic (exact) mass is 343 g/mol. The van der Waals surface area contributed by atoms with Crippen LogP contribution in [0.25, 0.3) is 22.8 Å². The molecule has 0 aliphatic heterocycles. The molecule has 0 aliphatic rings. The number of amides is 1. The third-order valence-electron chi connectivity index (χ3n) is 3.69. The van der Waals surface area contributed by atoms with Gasteiger partial charge in [0.15, 0.2) is 0 Å². The molecular formula is C19H13N5O2. The number of carbonyl (C=O) groups is 1. The average Bonchev–Trinajstić information content (AvgIpc) is 3.20. The van der Waals surface area contributed by atoms with Crippen LogP contribution in [0.3, 0.4) is 0 Å². The number of anilines is 1. The Morgan fingerprint density at radius 2 is 1.77 bits per heavy atom. The standard InChI is InChI=1S/C19H13N5O2/c25-18(13-7-10-20-11-8-13)22-16-6-2-1-5-15(16)19-23-17(24-26-19)14-4-3-9-21-12-14/h1-12H,(H,22,25). The highest BCUT2D eigenvalue weighted by Gasteiger charge is 2.16. The first kappa shape index (κ1) is 15.6. The molecule has 0 saturated heterocycles. The number of benzene rings is 1. The first-order valence-corrected chi connectivity index (χ1v) is 7.86. The minimum atomic E-state index is -0.244. The SMILES string of the molecule is O=C(Nc1ccccc1-c1nc(-c2cccnc2)no1)c1ccncc1. The maximum Gasteiger partial charge on any atom is 0.260 e. The molecular weight excluding hydrogens is 330 g/mol. The second-order valence-corrected chi connectivity index (χ2v) is 5.40. The summed E-state index contributed by atoms with van der Waals surface area (Å²) in [6.45, 7) is 0. The van der Waals surface area contributed by atoms with E-state index in [0.717, 1.165) is 5.56 Å². The zero-order chi connectivity index (χ0) is 17.8. The minimum Gasteiger partial charge on any atom is -0.334 e. The van der Waals surface area contributed by atoms with Gasteiger partial charge in [-0.3, -0.25) is 14.8 Å². The number of pyridine rings is 2. The van der Waals surface area contributed by atoms with Gasteiger partial charge in [0.2, 0.25) is 5.82 Å². The van der Waals surface area contributed by atoms with Crippen molar-refractivity contribution in [2.24, 2.45) is 0 Å². The first-order chi connectivity index (χ1) is 12.8. The van der Waals surface area contributed by atoms with Crippen LogP contribution >= 0.6 is 0 Å². The summed E-state index contributed by atoms with van der Waals surface area (Å²) in [6.07, 6.45) is 6.47. The molecule has 0 fully saturated rings. The lowest BCUT2D eigenvalue weighted by Crippen LogP contribution is -2.12. The second-order valence-electron chi connectivity index (χ2n) is 5.40. The molecule has 7 nitrogen and oxygen atoms in total. The molecule has 4 rings (SSSR count). The highest BCUT2D eigenvalue weighted by Crippen LogP contribution is 2.28. The fraction of sp³-hybridized carbons (Fsp3) is 0. The zero-order valence-electron chi connectivity index (χ0n) is 13.5. The third kappa shape index (κ3) is 3.18. The van der Waals surface area contributed by atoms with Crippen molar-refractivity contribution in [2.45, 2.75) is 0 Å². The van der Waals surface area contributed by atoms with Crippen molar-refractivity contribution in [3.63, 3.8) is 0 Å². The van der Waals surface area contributed by atoms with Gasteiger partial charge in [-0.15, -0.1) is 0 Å². The van der Waals surface area contributed by atoms with Gasteiger partial charge >= 0.3 is 0 Å². The fourth-order valence-corrected chi connectivity index (χ4v) is 2.42. The van der Waals surface area contributed by atoms with Gasteiger partial charge in [-0.2, -0.15) is 4.98 Å². The number of hydrogen-bond acceptors (Lipinski definition) is 6. The molecule has 3 heterocycles. The molecule has 0 aliphatic carbocycles.